The summed E-state index contributed by atoms with van der Waals surface area (Å²) in [5, 5.41) is 11.4. The second-order valence-corrected chi connectivity index (χ2v) is 2.12. The molecule has 13 heavy (non-hydrogen) atoms. The number of aryl methyl sites for hydroxylation is 1. The van der Waals surface area contributed by atoms with Crippen LogP contribution in [0.3, 0.4) is 0 Å². The van der Waals surface area contributed by atoms with Gasteiger partial charge in [-0.05, 0) is 0 Å². The van der Waals surface area contributed by atoms with Crippen LogP contribution >= 0.6 is 0 Å². The monoisotopic (exact) mass is 354 g/mol. The molecule has 1 radical (unpaired) electrons. The van der Waals surface area contributed by atoms with Crippen molar-refractivity contribution in [2.45, 2.75) is 0 Å². The fourth-order valence-electron chi connectivity index (χ4n) is 0.761. The van der Waals surface area contributed by atoms with Gasteiger partial charge in [-0.2, -0.15) is 4.80 Å². The molecule has 0 aromatic carbocycles. The van der Waals surface area contributed by atoms with Crippen LogP contribution in [-0.4, -0.2) is 30.2 Å². The van der Waals surface area contributed by atoms with Crippen molar-refractivity contribution in [1.29, 1.82) is 0 Å². The molecule has 0 saturated heterocycles. The largest absolute Gasteiger partial charge is 0.272 e. The van der Waals surface area contributed by atoms with E-state index in [2.05, 4.69) is 31.4 Å². The minimum absolute atomic E-state index is 0. The van der Waals surface area contributed by atoms with Crippen LogP contribution in [0.5, 0.6) is 0 Å². The van der Waals surface area contributed by atoms with Gasteiger partial charge in [0.2, 0.25) is 0 Å². The molecule has 0 bridgehead atoms. The summed E-state index contributed by atoms with van der Waals surface area (Å²) >= 11 is 0. The molecule has 0 N–H and O–H groups in total. The van der Waals surface area contributed by atoms with Crippen molar-refractivity contribution in [1.82, 2.24) is 30.2 Å². The number of hydrogen-bond acceptors (Lipinski definition) is 5. The molecule has 0 aliphatic heterocycles. The SMILES string of the molecule is Cn1nnc(-c2[c-]cncn2)n1.[Ir]. The van der Waals surface area contributed by atoms with Gasteiger partial charge in [-0.25, -0.2) is 16.3 Å². The Morgan fingerprint density at radius 3 is 2.85 bits per heavy atom. The van der Waals surface area contributed by atoms with Gasteiger partial charge < -0.3 is 0 Å². The van der Waals surface area contributed by atoms with E-state index in [4.69, 9.17) is 0 Å². The molecule has 0 saturated carbocycles. The van der Waals surface area contributed by atoms with Crippen molar-refractivity contribution in [3.8, 4) is 11.5 Å². The number of hydrogen-bond donors (Lipinski definition) is 0. The van der Waals surface area contributed by atoms with E-state index < -0.39 is 0 Å². The molecule has 0 aliphatic carbocycles. The topological polar surface area (TPSA) is 69.4 Å². The molecule has 0 fully saturated rings. The molecule has 7 heteroatoms. The maximum absolute atomic E-state index is 3.95. The third-order valence-electron chi connectivity index (χ3n) is 1.25. The van der Waals surface area contributed by atoms with E-state index in [1.807, 2.05) is 0 Å². The Balaban J connectivity index is 0.000000845. The predicted molar refractivity (Wildman–Crippen MR) is 38.7 cm³/mol. The number of rotatable bonds is 1. The third kappa shape index (κ3) is 2.13. The Morgan fingerprint density at radius 1 is 1.46 bits per heavy atom. The van der Waals surface area contributed by atoms with Gasteiger partial charge in [-0.1, -0.05) is 17.1 Å². The Kier molecular flexibility index (Phi) is 3.16. The zero-order valence-corrected chi connectivity index (χ0v) is 9.07. The van der Waals surface area contributed by atoms with E-state index in [1.165, 1.54) is 17.3 Å². The summed E-state index contributed by atoms with van der Waals surface area (Å²) < 4.78 is 0. The summed E-state index contributed by atoms with van der Waals surface area (Å²) in [6.45, 7) is 0. The molecule has 2 heterocycles. The number of aromatic nitrogens is 6. The Hall–Kier alpha value is -1.20. The molecule has 69 valence electrons. The predicted octanol–water partition coefficient (Wildman–Crippen LogP) is -0.535. The van der Waals surface area contributed by atoms with Gasteiger partial charge in [0.05, 0.1) is 5.82 Å². The second-order valence-electron chi connectivity index (χ2n) is 2.12. The molecule has 6 nitrogen and oxygen atoms in total. The first-order chi connectivity index (χ1) is 5.86. The Bertz CT molecular complexity index is 372. The maximum Gasteiger partial charge on any atom is 0.110 e. The average Bonchev–Trinajstić information content (AvgIpc) is 2.54. The van der Waals surface area contributed by atoms with Gasteiger partial charge in [0, 0.05) is 27.2 Å². The summed E-state index contributed by atoms with van der Waals surface area (Å²) in [6, 6.07) is 2.80. The summed E-state index contributed by atoms with van der Waals surface area (Å²) in [4.78, 5) is 9.01. The second kappa shape index (κ2) is 4.15. The zero-order chi connectivity index (χ0) is 8.39. The van der Waals surface area contributed by atoms with E-state index in [1.54, 1.807) is 7.05 Å². The van der Waals surface area contributed by atoms with Crippen molar-refractivity contribution in [3.05, 3.63) is 18.6 Å². The zero-order valence-electron chi connectivity index (χ0n) is 6.67. The van der Waals surface area contributed by atoms with Gasteiger partial charge in [-0.15, -0.1) is 0 Å². The third-order valence-corrected chi connectivity index (χ3v) is 1.25. The van der Waals surface area contributed by atoms with E-state index in [-0.39, 0.29) is 20.1 Å². The van der Waals surface area contributed by atoms with E-state index in [0.717, 1.165) is 0 Å². The van der Waals surface area contributed by atoms with Crippen LogP contribution in [0.2, 0.25) is 0 Å². The van der Waals surface area contributed by atoms with Crippen LogP contribution in [0.25, 0.3) is 11.5 Å². The van der Waals surface area contributed by atoms with Gasteiger partial charge in [-0.3, -0.25) is 9.97 Å². The molecule has 2 rings (SSSR count). The molecule has 2 aromatic rings. The van der Waals surface area contributed by atoms with E-state index in [9.17, 15) is 0 Å². The summed E-state index contributed by atoms with van der Waals surface area (Å²) in [7, 11) is 1.69. The number of tetrazole rings is 1. The van der Waals surface area contributed by atoms with Gasteiger partial charge in [0.15, 0.2) is 0 Å². The molecule has 2 aromatic heterocycles. The molecular formula is C6H5IrN6-. The molecule has 0 atom stereocenters. The first-order valence-electron chi connectivity index (χ1n) is 3.28. The van der Waals surface area contributed by atoms with Crippen molar-refractivity contribution >= 4 is 0 Å². The van der Waals surface area contributed by atoms with Gasteiger partial charge >= 0.3 is 0 Å². The molecule has 0 aliphatic rings. The molecule has 0 spiro atoms. The first kappa shape index (κ1) is 9.88. The van der Waals surface area contributed by atoms with E-state index >= 15 is 0 Å². The quantitative estimate of drug-likeness (QED) is 0.645. The summed E-state index contributed by atoms with van der Waals surface area (Å²) in [5.74, 6) is 0.458. The number of nitrogens with zero attached hydrogens (tertiary/aromatic N) is 6. The summed E-state index contributed by atoms with van der Waals surface area (Å²) in [6.07, 6.45) is 2.93. The van der Waals surface area contributed by atoms with E-state index in [0.29, 0.717) is 11.5 Å². The summed E-state index contributed by atoms with van der Waals surface area (Å²) in [5.41, 5.74) is 0.554. The van der Waals surface area contributed by atoms with Crippen LogP contribution in [0.1, 0.15) is 0 Å². The minimum Gasteiger partial charge on any atom is -0.272 e. The van der Waals surface area contributed by atoms with Crippen LogP contribution < -0.4 is 0 Å². The smallest absolute Gasteiger partial charge is 0.110 e. The fourth-order valence-corrected chi connectivity index (χ4v) is 0.761. The van der Waals surface area contributed by atoms with Crippen molar-refractivity contribution in [2.75, 3.05) is 0 Å². The maximum atomic E-state index is 3.95. The van der Waals surface area contributed by atoms with Crippen molar-refractivity contribution < 1.29 is 20.1 Å². The van der Waals surface area contributed by atoms with Crippen molar-refractivity contribution in [3.63, 3.8) is 0 Å². The molecule has 0 unspecified atom stereocenters. The minimum atomic E-state index is 0. The van der Waals surface area contributed by atoms with Crippen LogP contribution in [-0.2, 0) is 27.2 Å². The normalized spacial score (nSPS) is 9.31. The standard InChI is InChI=1S/C6H5N6.Ir/c1-12-10-6(9-11-12)5-2-3-7-4-8-5;/h3-4H,1H3;/q-1;. The Morgan fingerprint density at radius 2 is 2.31 bits per heavy atom. The fraction of sp³-hybridized carbons (Fsp3) is 0.167. The van der Waals surface area contributed by atoms with Crippen LogP contribution in [0, 0.1) is 6.07 Å². The molecular weight excluding hydrogens is 348 g/mol. The van der Waals surface area contributed by atoms with Crippen LogP contribution in [0.4, 0.5) is 0 Å². The average molecular weight is 353 g/mol. The van der Waals surface area contributed by atoms with Gasteiger partial charge in [0.25, 0.3) is 0 Å². The Labute approximate surface area is 87.8 Å². The van der Waals surface area contributed by atoms with Gasteiger partial charge in [0.1, 0.15) is 6.33 Å². The van der Waals surface area contributed by atoms with Crippen molar-refractivity contribution in [2.24, 2.45) is 7.05 Å². The van der Waals surface area contributed by atoms with Crippen LogP contribution in [0.15, 0.2) is 12.5 Å². The molecule has 0 amide bonds. The first-order valence-corrected chi connectivity index (χ1v) is 3.28.